The fourth-order valence-corrected chi connectivity index (χ4v) is 4.75. The Bertz CT molecular complexity index is 921. The van der Waals surface area contributed by atoms with Crippen LogP contribution in [-0.2, 0) is 10.0 Å². The molecule has 1 heterocycles. The summed E-state index contributed by atoms with van der Waals surface area (Å²) >= 11 is 6.07. The maximum Gasteiger partial charge on any atom is 0.253 e. The Morgan fingerprint density at radius 2 is 1.70 bits per heavy atom. The van der Waals surface area contributed by atoms with Gasteiger partial charge in [0.15, 0.2) is 0 Å². The third-order valence-corrected chi connectivity index (χ3v) is 7.29. The van der Waals surface area contributed by atoms with E-state index in [1.807, 2.05) is 18.2 Å². The van der Waals surface area contributed by atoms with Gasteiger partial charge in [-0.2, -0.15) is 0 Å². The highest BCUT2D eigenvalue weighted by atomic mass is 35.5. The van der Waals surface area contributed by atoms with Crippen LogP contribution in [0.15, 0.2) is 53.4 Å². The summed E-state index contributed by atoms with van der Waals surface area (Å²) in [5, 5.41) is 0.114. The molecule has 1 aliphatic rings. The van der Waals surface area contributed by atoms with Gasteiger partial charge in [-0.25, -0.2) is 12.7 Å². The fourth-order valence-electron chi connectivity index (χ4n) is 3.35. The average molecular weight is 407 g/mol. The van der Waals surface area contributed by atoms with E-state index in [0.717, 1.165) is 17.1 Å². The normalized spacial score (nSPS) is 15.9. The Balaban J connectivity index is 1.76. The highest BCUT2D eigenvalue weighted by Gasteiger charge is 2.27. The van der Waals surface area contributed by atoms with E-state index in [1.165, 1.54) is 31.8 Å². The number of benzene rings is 2. The number of carbonyl (C=O) groups excluding carboxylic acids is 1. The zero-order valence-corrected chi connectivity index (χ0v) is 17.0. The Kier molecular flexibility index (Phi) is 5.89. The molecule has 0 atom stereocenters. The summed E-state index contributed by atoms with van der Waals surface area (Å²) in [4.78, 5) is 14.6. The first-order valence-electron chi connectivity index (χ1n) is 8.87. The van der Waals surface area contributed by atoms with Crippen LogP contribution in [-0.4, -0.2) is 50.7 Å². The molecule has 0 unspecified atom stereocenters. The molecule has 1 fully saturated rings. The van der Waals surface area contributed by atoms with Gasteiger partial charge >= 0.3 is 0 Å². The number of likely N-dealkylation sites (tertiary alicyclic amines) is 1. The molecule has 0 radical (unpaired) electrons. The van der Waals surface area contributed by atoms with Gasteiger partial charge in [-0.15, -0.1) is 0 Å². The first kappa shape index (κ1) is 19.9. The van der Waals surface area contributed by atoms with Crippen LogP contribution in [0.3, 0.4) is 0 Å². The molecule has 144 valence electrons. The molecule has 7 heteroatoms. The van der Waals surface area contributed by atoms with E-state index in [2.05, 4.69) is 12.1 Å². The van der Waals surface area contributed by atoms with Crippen molar-refractivity contribution >= 4 is 27.5 Å². The molecule has 0 spiro atoms. The van der Waals surface area contributed by atoms with Gasteiger partial charge < -0.3 is 4.90 Å². The van der Waals surface area contributed by atoms with Gasteiger partial charge in [-0.05, 0) is 42.5 Å². The summed E-state index contributed by atoms with van der Waals surface area (Å²) in [7, 11) is -0.830. The number of hydrogen-bond donors (Lipinski definition) is 0. The summed E-state index contributed by atoms with van der Waals surface area (Å²) < 4.78 is 25.9. The smallest absolute Gasteiger partial charge is 0.253 e. The van der Waals surface area contributed by atoms with Crippen molar-refractivity contribution in [3.63, 3.8) is 0 Å². The van der Waals surface area contributed by atoms with E-state index in [0.29, 0.717) is 24.6 Å². The molecule has 0 N–H and O–H groups in total. The van der Waals surface area contributed by atoms with Gasteiger partial charge in [0, 0.05) is 32.7 Å². The zero-order chi connectivity index (χ0) is 19.6. The zero-order valence-electron chi connectivity index (χ0n) is 15.4. The van der Waals surface area contributed by atoms with E-state index in [4.69, 9.17) is 11.6 Å². The molecule has 2 aromatic carbocycles. The Morgan fingerprint density at radius 1 is 1.07 bits per heavy atom. The molecule has 1 amide bonds. The van der Waals surface area contributed by atoms with Crippen molar-refractivity contribution in [2.75, 3.05) is 27.2 Å². The predicted octanol–water partition coefficient (Wildman–Crippen LogP) is 3.61. The molecule has 0 bridgehead atoms. The number of nitrogens with zero attached hydrogens (tertiary/aromatic N) is 2. The molecule has 27 heavy (non-hydrogen) atoms. The van der Waals surface area contributed by atoms with Crippen LogP contribution in [0.5, 0.6) is 0 Å². The molecular weight excluding hydrogens is 384 g/mol. The highest BCUT2D eigenvalue weighted by molar-refractivity contribution is 7.89. The number of piperidine rings is 1. The number of amides is 1. The minimum absolute atomic E-state index is 0.0424. The summed E-state index contributed by atoms with van der Waals surface area (Å²) in [6.07, 6.45) is 1.79. The van der Waals surface area contributed by atoms with Crippen LogP contribution < -0.4 is 0 Å². The molecule has 0 saturated carbocycles. The Hall–Kier alpha value is -1.89. The van der Waals surface area contributed by atoms with E-state index in [-0.39, 0.29) is 15.8 Å². The monoisotopic (exact) mass is 406 g/mol. The number of carbonyl (C=O) groups is 1. The standard InChI is InChI=1S/C20H23ClN2O3S/c1-22(2)27(25,26)19-14-17(8-9-18(19)21)20(24)23-12-10-16(11-13-23)15-6-4-3-5-7-15/h3-9,14,16H,10-13H2,1-2H3. The minimum atomic E-state index is -3.71. The van der Waals surface area contributed by atoms with Gasteiger partial charge in [0.1, 0.15) is 4.90 Å². The molecule has 0 aromatic heterocycles. The maximum absolute atomic E-state index is 12.9. The summed E-state index contributed by atoms with van der Waals surface area (Å²) in [6, 6.07) is 14.8. The van der Waals surface area contributed by atoms with Gasteiger partial charge in [0.25, 0.3) is 5.91 Å². The van der Waals surface area contributed by atoms with Gasteiger partial charge in [-0.3, -0.25) is 4.79 Å². The van der Waals surface area contributed by atoms with Gasteiger partial charge in [0.05, 0.1) is 5.02 Å². The molecule has 1 aliphatic heterocycles. The first-order valence-corrected chi connectivity index (χ1v) is 10.7. The minimum Gasteiger partial charge on any atom is -0.339 e. The lowest BCUT2D eigenvalue weighted by molar-refractivity contribution is 0.0712. The third-order valence-electron chi connectivity index (χ3n) is 4.99. The van der Waals surface area contributed by atoms with E-state index < -0.39 is 10.0 Å². The summed E-state index contributed by atoms with van der Waals surface area (Å²) in [5.74, 6) is 0.290. The van der Waals surface area contributed by atoms with Crippen LogP contribution >= 0.6 is 11.6 Å². The average Bonchev–Trinajstić information content (AvgIpc) is 2.68. The van der Waals surface area contributed by atoms with Crippen molar-refractivity contribution in [1.82, 2.24) is 9.21 Å². The molecule has 0 aliphatic carbocycles. The van der Waals surface area contributed by atoms with Crippen LogP contribution in [0, 0.1) is 0 Å². The van der Waals surface area contributed by atoms with Crippen molar-refractivity contribution in [2.24, 2.45) is 0 Å². The fraction of sp³-hybridized carbons (Fsp3) is 0.350. The van der Waals surface area contributed by atoms with Crippen molar-refractivity contribution < 1.29 is 13.2 Å². The van der Waals surface area contributed by atoms with Gasteiger partial charge in [-0.1, -0.05) is 41.9 Å². The lowest BCUT2D eigenvalue weighted by Gasteiger charge is -2.32. The topological polar surface area (TPSA) is 57.7 Å². The van der Waals surface area contributed by atoms with Crippen molar-refractivity contribution in [2.45, 2.75) is 23.7 Å². The van der Waals surface area contributed by atoms with Crippen LogP contribution in [0.4, 0.5) is 0 Å². The predicted molar refractivity (Wildman–Crippen MR) is 107 cm³/mol. The molecule has 2 aromatic rings. The Morgan fingerprint density at radius 3 is 2.30 bits per heavy atom. The molecule has 5 nitrogen and oxygen atoms in total. The third kappa shape index (κ3) is 4.18. The molecular formula is C20H23ClN2O3S. The second-order valence-electron chi connectivity index (χ2n) is 6.91. The lowest BCUT2D eigenvalue weighted by atomic mass is 9.89. The van der Waals surface area contributed by atoms with Crippen molar-refractivity contribution in [3.05, 3.63) is 64.7 Å². The Labute approximate surface area is 165 Å². The lowest BCUT2D eigenvalue weighted by Crippen LogP contribution is -2.38. The van der Waals surface area contributed by atoms with Crippen LogP contribution in [0.2, 0.25) is 5.02 Å². The van der Waals surface area contributed by atoms with Gasteiger partial charge in [0.2, 0.25) is 10.0 Å². The van der Waals surface area contributed by atoms with E-state index in [9.17, 15) is 13.2 Å². The van der Waals surface area contributed by atoms with Crippen LogP contribution in [0.1, 0.15) is 34.7 Å². The largest absolute Gasteiger partial charge is 0.339 e. The van der Waals surface area contributed by atoms with Crippen molar-refractivity contribution in [3.8, 4) is 0 Å². The second-order valence-corrected chi connectivity index (χ2v) is 9.44. The molecule has 1 saturated heterocycles. The quantitative estimate of drug-likeness (QED) is 0.779. The maximum atomic E-state index is 12.9. The summed E-state index contributed by atoms with van der Waals surface area (Å²) in [5.41, 5.74) is 1.65. The number of sulfonamides is 1. The first-order chi connectivity index (χ1) is 12.8. The molecule has 3 rings (SSSR count). The number of halogens is 1. The number of hydrogen-bond acceptors (Lipinski definition) is 3. The van der Waals surface area contributed by atoms with Crippen LogP contribution in [0.25, 0.3) is 0 Å². The highest BCUT2D eigenvalue weighted by Crippen LogP contribution is 2.30. The SMILES string of the molecule is CN(C)S(=O)(=O)c1cc(C(=O)N2CCC(c3ccccc3)CC2)ccc1Cl. The number of rotatable bonds is 4. The summed E-state index contributed by atoms with van der Waals surface area (Å²) in [6.45, 7) is 1.30. The van der Waals surface area contributed by atoms with E-state index >= 15 is 0 Å². The van der Waals surface area contributed by atoms with E-state index in [1.54, 1.807) is 11.0 Å². The second kappa shape index (κ2) is 8.00. The van der Waals surface area contributed by atoms with Crippen molar-refractivity contribution in [1.29, 1.82) is 0 Å².